The number of hydrogen-bond donors (Lipinski definition) is 0. The van der Waals surface area contributed by atoms with Gasteiger partial charge in [0.25, 0.3) is 0 Å². The van der Waals surface area contributed by atoms with Crippen LogP contribution in [0.15, 0.2) is 0 Å². The molecule has 0 aliphatic heterocycles. The summed E-state index contributed by atoms with van der Waals surface area (Å²) in [6, 6.07) is 0. The van der Waals surface area contributed by atoms with E-state index in [1.54, 1.807) is 0 Å². The molecule has 0 unspecified atom stereocenters. The third-order valence-electron chi connectivity index (χ3n) is 0. The zero-order valence-corrected chi connectivity index (χ0v) is 13.8. The maximum Gasteiger partial charge on any atom is 2.00 e. The summed E-state index contributed by atoms with van der Waals surface area (Å²) in [4.78, 5) is 0. The van der Waals surface area contributed by atoms with Gasteiger partial charge in [-0.1, -0.05) is 0 Å². The molecule has 0 spiro atoms. The molecular weight excluding hydrogens is 537 g/mol. The summed E-state index contributed by atoms with van der Waals surface area (Å²) in [5, 5.41) is 0. The minimum Gasteiger partial charge on any atom is -0.870 e. The molecule has 18 heavy (non-hydrogen) atoms. The Morgan fingerprint density at radius 3 is 0.222 bits per heavy atom. The SMILES string of the molecule is [Co+2].[Co+2].[Mn+2].[Mn+2].[Ni+2].[Ni+2].[OH-].[OH-].[OH-].[OH-].[OH-].[OH-].[OH-].[OH-].[OH-].[OH-].[OH-].[OH-]. The van der Waals surface area contributed by atoms with Gasteiger partial charge in [0.05, 0.1) is 0 Å². The summed E-state index contributed by atoms with van der Waals surface area (Å²) in [5.74, 6) is 0. The fourth-order valence-electron chi connectivity index (χ4n) is 0. The quantitative estimate of drug-likeness (QED) is 0.292. The van der Waals surface area contributed by atoms with Crippen molar-refractivity contribution in [1.29, 1.82) is 0 Å². The maximum atomic E-state index is 0. The second-order valence-corrected chi connectivity index (χ2v) is 0. The second-order valence-electron chi connectivity index (χ2n) is 0. The van der Waals surface area contributed by atoms with Gasteiger partial charge in [0.15, 0.2) is 0 Å². The van der Waals surface area contributed by atoms with Gasteiger partial charge < -0.3 is 65.7 Å². The molecule has 0 amide bonds. The molecule has 0 aliphatic carbocycles. The van der Waals surface area contributed by atoms with Crippen LogP contribution in [0.25, 0.3) is 0 Å². The predicted molar refractivity (Wildman–Crippen MR) is 23.2 cm³/mol. The fourth-order valence-corrected chi connectivity index (χ4v) is 0. The maximum absolute atomic E-state index is 0. The molecule has 136 valence electrons. The zero-order valence-electron chi connectivity index (χ0n) is 7.42. The van der Waals surface area contributed by atoms with Crippen LogP contribution in [0.1, 0.15) is 0 Å². The van der Waals surface area contributed by atoms with Crippen LogP contribution in [-0.4, -0.2) is 65.7 Å². The first kappa shape index (κ1) is 1200. The minimum atomic E-state index is 0. The van der Waals surface area contributed by atoms with Gasteiger partial charge in [-0.05, 0) is 0 Å². The zero-order chi connectivity index (χ0) is 0. The van der Waals surface area contributed by atoms with Crippen LogP contribution < -0.4 is 0 Å². The summed E-state index contributed by atoms with van der Waals surface area (Å²) in [5.41, 5.74) is 0. The van der Waals surface area contributed by atoms with E-state index < -0.39 is 0 Å². The van der Waals surface area contributed by atoms with Gasteiger partial charge in [-0.15, -0.1) is 0 Å². The van der Waals surface area contributed by atoms with Gasteiger partial charge in [-0.3, -0.25) is 0 Å². The van der Waals surface area contributed by atoms with Gasteiger partial charge in [0.2, 0.25) is 0 Å². The Balaban J connectivity index is 0. The second kappa shape index (κ2) is 1030. The van der Waals surface area contributed by atoms with Crippen molar-refractivity contribution in [3.63, 3.8) is 0 Å². The van der Waals surface area contributed by atoms with E-state index >= 15 is 0 Å². The van der Waals surface area contributed by atoms with Gasteiger partial charge in [0.1, 0.15) is 0 Å². The van der Waals surface area contributed by atoms with E-state index in [-0.39, 0.29) is 166 Å². The first-order valence-corrected chi connectivity index (χ1v) is 0. The molecule has 0 atom stereocenters. The first-order valence-electron chi connectivity index (χ1n) is 0. The molecule has 18 heteroatoms. The van der Waals surface area contributed by atoms with E-state index in [2.05, 4.69) is 0 Å². The molecule has 0 heterocycles. The molecule has 12 nitrogen and oxygen atoms in total. The van der Waals surface area contributed by atoms with Crippen molar-refractivity contribution in [1.82, 2.24) is 0 Å². The van der Waals surface area contributed by atoms with Gasteiger partial charge >= 0.3 is 101 Å². The van der Waals surface area contributed by atoms with E-state index in [0.717, 1.165) is 0 Å². The fraction of sp³-hybridized carbons (Fsp3) is 0. The van der Waals surface area contributed by atoms with Crippen LogP contribution in [0.5, 0.6) is 0 Å². The van der Waals surface area contributed by atoms with Gasteiger partial charge in [-0.2, -0.15) is 0 Å². The average molecular weight is 549 g/mol. The Labute approximate surface area is 165 Å². The molecule has 0 rings (SSSR count). The summed E-state index contributed by atoms with van der Waals surface area (Å²) in [6.07, 6.45) is 0. The Bertz CT molecular complexity index is 26.0. The molecule has 0 aromatic heterocycles. The molecule has 0 fully saturated rings. The van der Waals surface area contributed by atoms with Crippen molar-refractivity contribution >= 4 is 0 Å². The molecule has 0 aliphatic rings. The third kappa shape index (κ3) is 874. The van der Waals surface area contributed by atoms with Crippen molar-refractivity contribution in [2.24, 2.45) is 0 Å². The van der Waals surface area contributed by atoms with E-state index in [4.69, 9.17) is 0 Å². The Morgan fingerprint density at radius 2 is 0.222 bits per heavy atom. The van der Waals surface area contributed by atoms with Crippen molar-refractivity contribution < 1.29 is 166 Å². The molecule has 0 aromatic rings. The average Bonchev–Trinajstić information content (AvgIpc) is 0. The smallest absolute Gasteiger partial charge is 0.870 e. The summed E-state index contributed by atoms with van der Waals surface area (Å²) >= 11 is 0. The Kier molecular flexibility index (Phi) is 68600. The molecule has 0 bridgehead atoms. The predicted octanol–water partition coefficient (Wildman–Crippen LogP) is -2.14. The van der Waals surface area contributed by atoms with Crippen molar-refractivity contribution in [3.05, 3.63) is 0 Å². The van der Waals surface area contributed by atoms with Crippen LogP contribution in [0, 0.1) is 0 Å². The summed E-state index contributed by atoms with van der Waals surface area (Å²) in [7, 11) is 0. The van der Waals surface area contributed by atoms with Crippen molar-refractivity contribution in [3.8, 4) is 0 Å². The van der Waals surface area contributed by atoms with E-state index in [1.807, 2.05) is 0 Å². The largest absolute Gasteiger partial charge is 2.00 e. The van der Waals surface area contributed by atoms with Crippen molar-refractivity contribution in [2.75, 3.05) is 0 Å². The van der Waals surface area contributed by atoms with E-state index in [1.165, 1.54) is 0 Å². The molecule has 0 saturated heterocycles. The van der Waals surface area contributed by atoms with Crippen LogP contribution in [0.2, 0.25) is 0 Å². The molecular formula is H12Co2Mn2Ni2O12. The van der Waals surface area contributed by atoms with Crippen LogP contribution in [-0.2, 0) is 101 Å². The van der Waals surface area contributed by atoms with Crippen LogP contribution in [0.3, 0.4) is 0 Å². The Morgan fingerprint density at radius 1 is 0.222 bits per heavy atom. The van der Waals surface area contributed by atoms with Crippen LogP contribution in [0.4, 0.5) is 0 Å². The standard InChI is InChI=1S/2Co.2Mn.2Ni.12H2O/h;;;;;;12*1H2/q6*+2;;;;;;;;;;;;/p-12. The minimum absolute atomic E-state index is 0. The molecule has 12 N–H and O–H groups in total. The number of hydrogen-bond acceptors (Lipinski definition) is 12. The molecule has 4 radical (unpaired) electrons. The van der Waals surface area contributed by atoms with Crippen molar-refractivity contribution in [2.45, 2.75) is 0 Å². The van der Waals surface area contributed by atoms with Gasteiger partial charge in [0, 0.05) is 0 Å². The first-order chi connectivity index (χ1) is 0. The van der Waals surface area contributed by atoms with Gasteiger partial charge in [-0.25, -0.2) is 0 Å². The van der Waals surface area contributed by atoms with Crippen LogP contribution >= 0.6 is 0 Å². The van der Waals surface area contributed by atoms with E-state index in [0.29, 0.717) is 0 Å². The molecule has 0 saturated carbocycles. The van der Waals surface area contributed by atoms with E-state index in [9.17, 15) is 0 Å². The Hall–Kier alpha value is 2.56. The molecule has 0 aromatic carbocycles. The topological polar surface area (TPSA) is 360 Å². The monoisotopic (exact) mass is 548 g/mol. The summed E-state index contributed by atoms with van der Waals surface area (Å²) < 4.78 is 0. The number of rotatable bonds is 0. The normalized spacial score (nSPS) is 0. The third-order valence-corrected chi connectivity index (χ3v) is 0. The summed E-state index contributed by atoms with van der Waals surface area (Å²) in [6.45, 7) is 0.